The van der Waals surface area contributed by atoms with Crippen molar-refractivity contribution in [1.82, 2.24) is 5.32 Å². The van der Waals surface area contributed by atoms with Gasteiger partial charge in [-0.3, -0.25) is 4.79 Å². The number of primary amides is 1. The molecule has 0 spiro atoms. The molecule has 0 aliphatic carbocycles. The van der Waals surface area contributed by atoms with E-state index in [1.165, 1.54) is 11.1 Å². The van der Waals surface area contributed by atoms with E-state index in [4.69, 9.17) is 5.73 Å². The van der Waals surface area contributed by atoms with Crippen LogP contribution in [0.5, 0.6) is 0 Å². The first-order valence-corrected chi connectivity index (χ1v) is 6.64. The zero-order chi connectivity index (χ0) is 14.6. The lowest BCUT2D eigenvalue weighted by Gasteiger charge is -2.26. The summed E-state index contributed by atoms with van der Waals surface area (Å²) >= 11 is 0. The summed E-state index contributed by atoms with van der Waals surface area (Å²) in [7, 11) is 1.98. The molecule has 0 bridgehead atoms. The number of benzene rings is 1. The van der Waals surface area contributed by atoms with E-state index in [-0.39, 0.29) is 18.0 Å². The molecular formula is C15H25N3O. The van der Waals surface area contributed by atoms with Crippen molar-refractivity contribution in [1.29, 1.82) is 0 Å². The van der Waals surface area contributed by atoms with Crippen LogP contribution in [0, 0.1) is 13.8 Å². The van der Waals surface area contributed by atoms with Gasteiger partial charge in [-0.15, -0.1) is 0 Å². The highest BCUT2D eigenvalue weighted by Gasteiger charge is 2.18. The fourth-order valence-corrected chi connectivity index (χ4v) is 2.18. The van der Waals surface area contributed by atoms with Crippen LogP contribution >= 0.6 is 0 Å². The van der Waals surface area contributed by atoms with E-state index >= 15 is 0 Å². The van der Waals surface area contributed by atoms with Gasteiger partial charge in [0.15, 0.2) is 0 Å². The summed E-state index contributed by atoms with van der Waals surface area (Å²) in [5.41, 5.74) is 8.98. The van der Waals surface area contributed by atoms with E-state index in [0.29, 0.717) is 6.54 Å². The van der Waals surface area contributed by atoms with Crippen LogP contribution in [0.4, 0.5) is 5.69 Å². The Morgan fingerprint density at radius 1 is 1.26 bits per heavy atom. The molecule has 0 saturated carbocycles. The molecule has 0 aliphatic heterocycles. The van der Waals surface area contributed by atoms with E-state index in [1.807, 2.05) is 20.9 Å². The normalized spacial score (nSPS) is 12.5. The maximum absolute atomic E-state index is 11.5. The first-order chi connectivity index (χ1) is 8.79. The Morgan fingerprint density at radius 3 is 2.21 bits per heavy atom. The van der Waals surface area contributed by atoms with Gasteiger partial charge in [-0.2, -0.15) is 0 Å². The number of nitrogens with one attached hydrogen (secondary N) is 1. The van der Waals surface area contributed by atoms with Gasteiger partial charge in [0.2, 0.25) is 5.91 Å². The second-order valence-corrected chi connectivity index (χ2v) is 5.50. The number of likely N-dealkylation sites (N-methyl/N-ethyl adjacent to an activating group) is 1. The molecular weight excluding hydrogens is 238 g/mol. The Labute approximate surface area is 116 Å². The summed E-state index contributed by atoms with van der Waals surface area (Å²) in [5.74, 6) is -0.315. The van der Waals surface area contributed by atoms with Crippen LogP contribution in [0.15, 0.2) is 18.2 Å². The average Bonchev–Trinajstić information content (AvgIpc) is 2.25. The number of nitrogens with zero attached hydrogens (tertiary/aromatic N) is 1. The molecule has 0 saturated heterocycles. The lowest BCUT2D eigenvalue weighted by Crippen LogP contribution is -2.50. The molecule has 1 aromatic carbocycles. The smallest absolute Gasteiger partial charge is 0.236 e. The molecule has 19 heavy (non-hydrogen) atoms. The maximum Gasteiger partial charge on any atom is 0.236 e. The van der Waals surface area contributed by atoms with E-state index in [2.05, 4.69) is 42.3 Å². The monoisotopic (exact) mass is 263 g/mol. The molecule has 0 aromatic heterocycles. The van der Waals surface area contributed by atoms with Gasteiger partial charge in [-0.1, -0.05) is 19.9 Å². The number of aryl methyl sites for hydroxylation is 2. The second kappa shape index (κ2) is 6.57. The standard InChI is InChI=1S/C15H25N3O/c1-10(2)17-14(15(16)19)9-18(5)13-7-11(3)6-12(4)8-13/h6-8,10,14,17H,9H2,1-5H3,(H2,16,19). The Hall–Kier alpha value is -1.55. The SMILES string of the molecule is Cc1cc(C)cc(N(C)CC(NC(C)C)C(N)=O)c1. The first-order valence-electron chi connectivity index (χ1n) is 6.64. The number of amides is 1. The molecule has 4 nitrogen and oxygen atoms in total. The number of anilines is 1. The summed E-state index contributed by atoms with van der Waals surface area (Å²) in [6.45, 7) is 8.72. The molecule has 106 valence electrons. The van der Waals surface area contributed by atoms with Crippen LogP contribution in [0.25, 0.3) is 0 Å². The topological polar surface area (TPSA) is 58.4 Å². The Balaban J connectivity index is 2.81. The highest BCUT2D eigenvalue weighted by atomic mass is 16.1. The van der Waals surface area contributed by atoms with Gasteiger partial charge >= 0.3 is 0 Å². The zero-order valence-electron chi connectivity index (χ0n) is 12.5. The van der Waals surface area contributed by atoms with Gasteiger partial charge in [0, 0.05) is 25.3 Å². The van der Waals surface area contributed by atoms with Crippen molar-refractivity contribution in [2.24, 2.45) is 5.73 Å². The van der Waals surface area contributed by atoms with E-state index in [9.17, 15) is 4.79 Å². The lowest BCUT2D eigenvalue weighted by molar-refractivity contribution is -0.119. The van der Waals surface area contributed by atoms with E-state index in [0.717, 1.165) is 5.69 Å². The van der Waals surface area contributed by atoms with Gasteiger partial charge < -0.3 is 16.0 Å². The Morgan fingerprint density at radius 2 is 1.79 bits per heavy atom. The van der Waals surface area contributed by atoms with Crippen LogP contribution in [0.2, 0.25) is 0 Å². The van der Waals surface area contributed by atoms with Crippen LogP contribution in [-0.4, -0.2) is 31.6 Å². The summed E-state index contributed by atoms with van der Waals surface area (Å²) in [4.78, 5) is 13.5. The van der Waals surface area contributed by atoms with E-state index in [1.54, 1.807) is 0 Å². The second-order valence-electron chi connectivity index (χ2n) is 5.50. The number of carbonyl (C=O) groups excluding carboxylic acids is 1. The molecule has 3 N–H and O–H groups in total. The summed E-state index contributed by atoms with van der Waals surface area (Å²) in [6, 6.07) is 6.24. The molecule has 1 rings (SSSR count). The van der Waals surface area contributed by atoms with Crippen molar-refractivity contribution >= 4 is 11.6 Å². The number of nitrogens with two attached hydrogens (primary N) is 1. The predicted molar refractivity (Wildman–Crippen MR) is 80.4 cm³/mol. The molecule has 0 fully saturated rings. The third-order valence-electron chi connectivity index (χ3n) is 2.98. The average molecular weight is 263 g/mol. The molecule has 4 heteroatoms. The molecule has 0 aliphatic rings. The molecule has 0 heterocycles. The molecule has 1 amide bonds. The number of hydrogen-bond donors (Lipinski definition) is 2. The van der Waals surface area contributed by atoms with Gasteiger partial charge in [0.25, 0.3) is 0 Å². The largest absolute Gasteiger partial charge is 0.372 e. The van der Waals surface area contributed by atoms with Crippen LogP contribution in [0.1, 0.15) is 25.0 Å². The van der Waals surface area contributed by atoms with Gasteiger partial charge in [-0.25, -0.2) is 0 Å². The predicted octanol–water partition coefficient (Wildman–Crippen LogP) is 1.59. The summed E-state index contributed by atoms with van der Waals surface area (Å²) < 4.78 is 0. The fraction of sp³-hybridized carbons (Fsp3) is 0.533. The highest BCUT2D eigenvalue weighted by molar-refractivity contribution is 5.80. The quantitative estimate of drug-likeness (QED) is 0.819. The van der Waals surface area contributed by atoms with Crippen molar-refractivity contribution in [2.45, 2.75) is 39.8 Å². The lowest BCUT2D eigenvalue weighted by atomic mass is 10.1. The minimum Gasteiger partial charge on any atom is -0.372 e. The minimum absolute atomic E-state index is 0.227. The van der Waals surface area contributed by atoms with Crippen molar-refractivity contribution in [3.63, 3.8) is 0 Å². The Kier molecular flexibility index (Phi) is 5.36. The van der Waals surface area contributed by atoms with Crippen LogP contribution in [0.3, 0.4) is 0 Å². The third kappa shape index (κ3) is 4.91. The van der Waals surface area contributed by atoms with Crippen molar-refractivity contribution in [3.05, 3.63) is 29.3 Å². The summed E-state index contributed by atoms with van der Waals surface area (Å²) in [5, 5.41) is 3.19. The maximum atomic E-state index is 11.5. The molecule has 1 aromatic rings. The van der Waals surface area contributed by atoms with Gasteiger partial charge in [0.1, 0.15) is 6.04 Å². The van der Waals surface area contributed by atoms with Gasteiger partial charge in [0.05, 0.1) is 0 Å². The van der Waals surface area contributed by atoms with Gasteiger partial charge in [-0.05, 0) is 37.1 Å². The number of hydrogen-bond acceptors (Lipinski definition) is 3. The van der Waals surface area contributed by atoms with Crippen molar-refractivity contribution in [2.75, 3.05) is 18.5 Å². The van der Waals surface area contributed by atoms with Crippen LogP contribution < -0.4 is 16.0 Å². The highest BCUT2D eigenvalue weighted by Crippen LogP contribution is 2.17. The molecule has 1 atom stereocenters. The minimum atomic E-state index is -0.342. The number of rotatable bonds is 6. The van der Waals surface area contributed by atoms with Crippen molar-refractivity contribution < 1.29 is 4.79 Å². The molecule has 0 radical (unpaired) electrons. The first kappa shape index (κ1) is 15.5. The summed E-state index contributed by atoms with van der Waals surface area (Å²) in [6.07, 6.45) is 0. The molecule has 1 unspecified atom stereocenters. The van der Waals surface area contributed by atoms with Crippen LogP contribution in [-0.2, 0) is 4.79 Å². The Bertz CT molecular complexity index is 423. The van der Waals surface area contributed by atoms with E-state index < -0.39 is 0 Å². The van der Waals surface area contributed by atoms with Crippen molar-refractivity contribution in [3.8, 4) is 0 Å². The zero-order valence-corrected chi connectivity index (χ0v) is 12.5. The number of carbonyl (C=O) groups is 1. The fourth-order valence-electron chi connectivity index (χ4n) is 2.18. The third-order valence-corrected chi connectivity index (χ3v) is 2.98.